The van der Waals surface area contributed by atoms with Gasteiger partial charge in [0.1, 0.15) is 0 Å². The van der Waals surface area contributed by atoms with Gasteiger partial charge in [-0.05, 0) is 72.6 Å². The van der Waals surface area contributed by atoms with Crippen LogP contribution in [0.2, 0.25) is 0 Å². The Labute approximate surface area is 137 Å². The summed E-state index contributed by atoms with van der Waals surface area (Å²) >= 11 is 1.77. The van der Waals surface area contributed by atoms with Crippen molar-refractivity contribution in [3.63, 3.8) is 0 Å². The number of aliphatic hydroxyl groups excluding tert-OH is 1. The predicted octanol–water partition coefficient (Wildman–Crippen LogP) is 3.95. The summed E-state index contributed by atoms with van der Waals surface area (Å²) in [5.41, 5.74) is 2.75. The van der Waals surface area contributed by atoms with E-state index < -0.39 is 0 Å². The number of rotatable bonds is 6. The molecule has 3 rings (SSSR count). The molecule has 0 unspecified atom stereocenters. The van der Waals surface area contributed by atoms with Gasteiger partial charge in [0.05, 0.1) is 6.10 Å². The van der Waals surface area contributed by atoms with E-state index >= 15 is 0 Å². The van der Waals surface area contributed by atoms with Crippen LogP contribution in [0, 0.1) is 5.92 Å². The first kappa shape index (κ1) is 15.7. The van der Waals surface area contributed by atoms with Gasteiger partial charge in [0.15, 0.2) is 0 Å². The number of hydrogen-bond acceptors (Lipinski definition) is 3. The van der Waals surface area contributed by atoms with Crippen LogP contribution >= 0.6 is 11.3 Å². The van der Waals surface area contributed by atoms with Gasteiger partial charge in [0.25, 0.3) is 0 Å². The van der Waals surface area contributed by atoms with E-state index in [9.17, 15) is 5.11 Å². The molecule has 3 heteroatoms. The Morgan fingerprint density at radius 2 is 1.86 bits per heavy atom. The summed E-state index contributed by atoms with van der Waals surface area (Å²) < 4.78 is 0. The van der Waals surface area contributed by atoms with Crippen molar-refractivity contribution in [2.75, 3.05) is 13.1 Å². The van der Waals surface area contributed by atoms with Crippen LogP contribution in [0.1, 0.15) is 30.4 Å². The Morgan fingerprint density at radius 1 is 1.09 bits per heavy atom. The van der Waals surface area contributed by atoms with E-state index in [0.29, 0.717) is 5.92 Å². The van der Waals surface area contributed by atoms with Crippen molar-refractivity contribution in [1.82, 2.24) is 4.90 Å². The van der Waals surface area contributed by atoms with E-state index in [1.807, 2.05) is 6.07 Å². The van der Waals surface area contributed by atoms with Gasteiger partial charge in [0.2, 0.25) is 0 Å². The van der Waals surface area contributed by atoms with Crippen molar-refractivity contribution >= 4 is 11.3 Å². The van der Waals surface area contributed by atoms with E-state index in [2.05, 4.69) is 46.0 Å². The molecule has 0 aliphatic carbocycles. The van der Waals surface area contributed by atoms with Gasteiger partial charge in [-0.25, -0.2) is 0 Å². The van der Waals surface area contributed by atoms with E-state index in [0.717, 1.165) is 45.3 Å². The minimum atomic E-state index is -0.150. The molecule has 2 aromatic rings. The molecular weight excluding hydrogens is 290 g/mol. The van der Waals surface area contributed by atoms with Gasteiger partial charge in [-0.1, -0.05) is 30.3 Å². The maximum atomic E-state index is 10.5. The monoisotopic (exact) mass is 315 g/mol. The molecule has 0 radical (unpaired) electrons. The van der Waals surface area contributed by atoms with Gasteiger partial charge in [-0.3, -0.25) is 4.90 Å². The van der Waals surface area contributed by atoms with Crippen molar-refractivity contribution in [3.8, 4) is 0 Å². The molecule has 0 amide bonds. The SMILES string of the molecule is O[C@@H](CCc1ccccc1)C1CCN(Cc2ccsc2)CC1. The molecule has 1 aliphatic heterocycles. The summed E-state index contributed by atoms with van der Waals surface area (Å²) in [5, 5.41) is 14.8. The number of nitrogens with zero attached hydrogens (tertiary/aromatic N) is 1. The standard InChI is InChI=1S/C19H25NOS/c21-19(7-6-16-4-2-1-3-5-16)18-8-11-20(12-9-18)14-17-10-13-22-15-17/h1-5,10,13,15,18-19,21H,6-9,11-12,14H2/t19-/m0/s1. The largest absolute Gasteiger partial charge is 0.393 e. The Balaban J connectivity index is 1.40. The second-order valence-corrected chi connectivity index (χ2v) is 7.12. The lowest BCUT2D eigenvalue weighted by atomic mass is 9.88. The normalized spacial score (nSPS) is 18.4. The lowest BCUT2D eigenvalue weighted by Gasteiger charge is -2.34. The molecule has 0 spiro atoms. The van der Waals surface area contributed by atoms with Crippen LogP contribution in [0.25, 0.3) is 0 Å². The molecule has 1 N–H and O–H groups in total. The summed E-state index contributed by atoms with van der Waals surface area (Å²) in [6.45, 7) is 3.29. The summed E-state index contributed by atoms with van der Waals surface area (Å²) in [4.78, 5) is 2.52. The highest BCUT2D eigenvalue weighted by Crippen LogP contribution is 2.24. The smallest absolute Gasteiger partial charge is 0.0572 e. The average Bonchev–Trinajstić information content (AvgIpc) is 3.07. The topological polar surface area (TPSA) is 23.5 Å². The zero-order chi connectivity index (χ0) is 15.2. The van der Waals surface area contributed by atoms with E-state index in [1.165, 1.54) is 11.1 Å². The fraction of sp³-hybridized carbons (Fsp3) is 0.474. The zero-order valence-electron chi connectivity index (χ0n) is 13.0. The van der Waals surface area contributed by atoms with Crippen molar-refractivity contribution in [2.24, 2.45) is 5.92 Å². The molecule has 1 aromatic carbocycles. The van der Waals surface area contributed by atoms with Gasteiger partial charge in [-0.2, -0.15) is 11.3 Å². The van der Waals surface area contributed by atoms with Crippen LogP contribution in [0.5, 0.6) is 0 Å². The third kappa shape index (κ3) is 4.42. The first-order valence-electron chi connectivity index (χ1n) is 8.26. The van der Waals surface area contributed by atoms with E-state index in [1.54, 1.807) is 11.3 Å². The van der Waals surface area contributed by atoms with Gasteiger partial charge in [0, 0.05) is 6.54 Å². The minimum absolute atomic E-state index is 0.150. The van der Waals surface area contributed by atoms with E-state index in [-0.39, 0.29) is 6.10 Å². The van der Waals surface area contributed by atoms with E-state index in [4.69, 9.17) is 0 Å². The highest BCUT2D eigenvalue weighted by molar-refractivity contribution is 7.07. The van der Waals surface area contributed by atoms with Crippen LogP contribution in [-0.2, 0) is 13.0 Å². The summed E-state index contributed by atoms with van der Waals surface area (Å²) in [6.07, 6.45) is 3.97. The molecule has 1 aromatic heterocycles. The predicted molar refractivity (Wildman–Crippen MR) is 93.1 cm³/mol. The molecule has 2 nitrogen and oxygen atoms in total. The number of thiophene rings is 1. The Bertz CT molecular complexity index is 532. The fourth-order valence-electron chi connectivity index (χ4n) is 3.33. The Kier molecular flexibility index (Phi) is 5.65. The lowest BCUT2D eigenvalue weighted by molar-refractivity contribution is 0.0520. The van der Waals surface area contributed by atoms with Crippen molar-refractivity contribution < 1.29 is 5.11 Å². The average molecular weight is 315 g/mol. The Hall–Kier alpha value is -1.16. The third-order valence-electron chi connectivity index (χ3n) is 4.73. The van der Waals surface area contributed by atoms with Crippen molar-refractivity contribution in [3.05, 3.63) is 58.3 Å². The summed E-state index contributed by atoms with van der Waals surface area (Å²) in [7, 11) is 0. The van der Waals surface area contributed by atoms with Crippen LogP contribution in [-0.4, -0.2) is 29.2 Å². The molecule has 1 aliphatic rings. The van der Waals surface area contributed by atoms with Crippen LogP contribution in [0.15, 0.2) is 47.2 Å². The molecule has 1 saturated heterocycles. The zero-order valence-corrected chi connectivity index (χ0v) is 13.8. The lowest BCUT2D eigenvalue weighted by Crippen LogP contribution is -2.37. The number of aliphatic hydroxyl groups is 1. The highest BCUT2D eigenvalue weighted by atomic mass is 32.1. The van der Waals surface area contributed by atoms with Crippen molar-refractivity contribution in [1.29, 1.82) is 0 Å². The highest BCUT2D eigenvalue weighted by Gasteiger charge is 2.25. The molecule has 0 saturated carbocycles. The second kappa shape index (κ2) is 7.91. The molecule has 1 atom stereocenters. The number of aryl methyl sites for hydroxylation is 1. The summed E-state index contributed by atoms with van der Waals surface area (Å²) in [6, 6.07) is 12.7. The molecule has 0 bridgehead atoms. The minimum Gasteiger partial charge on any atom is -0.393 e. The van der Waals surface area contributed by atoms with Crippen LogP contribution in [0.4, 0.5) is 0 Å². The van der Waals surface area contributed by atoms with Gasteiger partial charge in [-0.15, -0.1) is 0 Å². The first-order chi connectivity index (χ1) is 10.8. The second-order valence-electron chi connectivity index (χ2n) is 6.34. The quantitative estimate of drug-likeness (QED) is 0.872. The number of likely N-dealkylation sites (tertiary alicyclic amines) is 1. The maximum absolute atomic E-state index is 10.5. The van der Waals surface area contributed by atoms with Gasteiger partial charge >= 0.3 is 0 Å². The maximum Gasteiger partial charge on any atom is 0.0572 e. The molecular formula is C19H25NOS. The van der Waals surface area contributed by atoms with Crippen molar-refractivity contribution in [2.45, 2.75) is 38.3 Å². The first-order valence-corrected chi connectivity index (χ1v) is 9.21. The molecule has 1 fully saturated rings. The van der Waals surface area contributed by atoms with Crippen LogP contribution < -0.4 is 0 Å². The fourth-order valence-corrected chi connectivity index (χ4v) is 3.99. The molecule has 2 heterocycles. The number of piperidine rings is 1. The molecule has 118 valence electrons. The Morgan fingerprint density at radius 3 is 2.55 bits per heavy atom. The van der Waals surface area contributed by atoms with Gasteiger partial charge < -0.3 is 5.11 Å². The molecule has 22 heavy (non-hydrogen) atoms. The number of hydrogen-bond donors (Lipinski definition) is 1. The van der Waals surface area contributed by atoms with Crippen LogP contribution in [0.3, 0.4) is 0 Å². The third-order valence-corrected chi connectivity index (χ3v) is 5.47. The number of benzene rings is 1. The summed E-state index contributed by atoms with van der Waals surface area (Å²) in [5.74, 6) is 0.474.